The average molecular weight is 434 g/mol. The number of thiophene rings is 1. The van der Waals surface area contributed by atoms with Crippen molar-refractivity contribution in [3.8, 4) is 5.75 Å². The van der Waals surface area contributed by atoms with Crippen molar-refractivity contribution >= 4 is 55.0 Å². The smallest absolute Gasteiger partial charge is 0.355 e. The zero-order chi connectivity index (χ0) is 19.7. The average Bonchev–Trinajstić information content (AvgIpc) is 3.21. The highest BCUT2D eigenvalue weighted by Gasteiger charge is 2.26. The fraction of sp³-hybridized carbons (Fsp3) is 0.200. The number of sulfone groups is 1. The summed E-state index contributed by atoms with van der Waals surface area (Å²) in [6, 6.07) is 14.2. The zero-order valence-corrected chi connectivity index (χ0v) is 17.1. The topological polar surface area (TPSA) is 72.8 Å². The zero-order valence-electron chi connectivity index (χ0n) is 14.7. The molecular weight excluding hydrogens is 418 g/mol. The predicted octanol–water partition coefficient (Wildman–Crippen LogP) is 4.38. The number of hydrogen-bond acceptors (Lipinski definition) is 6. The number of nitrogens with zero attached hydrogens (tertiary/aromatic N) is 1. The molecule has 0 N–H and O–H groups in total. The van der Waals surface area contributed by atoms with Crippen LogP contribution in [0.4, 0.5) is 0 Å². The van der Waals surface area contributed by atoms with Gasteiger partial charge in [0.2, 0.25) is 0 Å². The van der Waals surface area contributed by atoms with Gasteiger partial charge in [-0.05, 0) is 42.3 Å². The van der Waals surface area contributed by atoms with Gasteiger partial charge in [-0.1, -0.05) is 29.8 Å². The maximum Gasteiger partial charge on any atom is 0.355 e. The molecule has 1 aliphatic rings. The number of halogens is 1. The Morgan fingerprint density at radius 3 is 2.61 bits per heavy atom. The van der Waals surface area contributed by atoms with Crippen molar-refractivity contribution in [2.24, 2.45) is 4.99 Å². The van der Waals surface area contributed by atoms with Crippen molar-refractivity contribution in [3.63, 3.8) is 0 Å². The second kappa shape index (κ2) is 7.66. The van der Waals surface area contributed by atoms with Crippen molar-refractivity contribution in [2.45, 2.75) is 12.5 Å². The minimum absolute atomic E-state index is 0.106. The van der Waals surface area contributed by atoms with E-state index < -0.39 is 15.8 Å². The lowest BCUT2D eigenvalue weighted by atomic mass is 10.2. The van der Waals surface area contributed by atoms with Gasteiger partial charge in [-0.25, -0.2) is 13.2 Å². The molecule has 4 rings (SSSR count). The molecule has 1 aromatic heterocycles. The third-order valence-electron chi connectivity index (χ3n) is 4.45. The van der Waals surface area contributed by atoms with E-state index in [1.54, 1.807) is 30.5 Å². The summed E-state index contributed by atoms with van der Waals surface area (Å²) in [6.45, 7) is 0. The first kappa shape index (κ1) is 19.1. The standard InChI is InChI=1S/C20H16ClNO4S2/c21-18-16-3-1-2-4-17(16)27-19(18)20(23)26-15-7-5-13(6-8-15)11-22-14-9-10-28(24,25)12-14/h1-8,11,14H,9-10,12H2/t14-/m1/s1. The predicted molar refractivity (Wildman–Crippen MR) is 113 cm³/mol. The maximum absolute atomic E-state index is 12.5. The van der Waals surface area contributed by atoms with E-state index in [2.05, 4.69) is 4.99 Å². The molecule has 5 nitrogen and oxygen atoms in total. The van der Waals surface area contributed by atoms with Gasteiger partial charge in [0.05, 0.1) is 22.6 Å². The Morgan fingerprint density at radius 1 is 1.18 bits per heavy atom. The monoisotopic (exact) mass is 433 g/mol. The number of carbonyl (C=O) groups is 1. The van der Waals surface area contributed by atoms with Crippen molar-refractivity contribution in [1.82, 2.24) is 0 Å². The SMILES string of the molecule is O=C(Oc1ccc(C=N[C@@H]2CCS(=O)(=O)C2)cc1)c1sc2ccccc2c1Cl. The van der Waals surface area contributed by atoms with E-state index in [1.807, 2.05) is 24.3 Å². The van der Waals surface area contributed by atoms with Crippen molar-refractivity contribution < 1.29 is 17.9 Å². The Kier molecular flexibility index (Phi) is 5.23. The second-order valence-electron chi connectivity index (χ2n) is 6.53. The normalized spacial score (nSPS) is 18.7. The lowest BCUT2D eigenvalue weighted by Crippen LogP contribution is -2.08. The number of rotatable bonds is 4. The van der Waals surface area contributed by atoms with Gasteiger partial charge in [-0.15, -0.1) is 11.3 Å². The Balaban J connectivity index is 1.44. The molecule has 0 unspecified atom stereocenters. The lowest BCUT2D eigenvalue weighted by molar-refractivity contribution is 0.0740. The van der Waals surface area contributed by atoms with E-state index in [4.69, 9.17) is 16.3 Å². The fourth-order valence-electron chi connectivity index (χ4n) is 3.01. The van der Waals surface area contributed by atoms with Gasteiger partial charge in [0.15, 0.2) is 9.84 Å². The molecule has 0 spiro atoms. The van der Waals surface area contributed by atoms with Crippen LogP contribution in [0.5, 0.6) is 5.75 Å². The highest BCUT2D eigenvalue weighted by molar-refractivity contribution is 7.91. The van der Waals surface area contributed by atoms with Gasteiger partial charge >= 0.3 is 5.97 Å². The van der Waals surface area contributed by atoms with E-state index >= 15 is 0 Å². The van der Waals surface area contributed by atoms with Gasteiger partial charge in [-0.3, -0.25) is 4.99 Å². The summed E-state index contributed by atoms with van der Waals surface area (Å²) in [7, 11) is -2.94. The molecule has 0 aliphatic carbocycles. The van der Waals surface area contributed by atoms with Crippen LogP contribution < -0.4 is 4.74 Å². The van der Waals surface area contributed by atoms with Crippen LogP contribution >= 0.6 is 22.9 Å². The molecule has 0 amide bonds. The second-order valence-corrected chi connectivity index (χ2v) is 10.2. The van der Waals surface area contributed by atoms with Crippen LogP contribution in [0.3, 0.4) is 0 Å². The summed E-state index contributed by atoms with van der Waals surface area (Å²) < 4.78 is 29.3. The van der Waals surface area contributed by atoms with Crippen molar-refractivity contribution in [2.75, 3.05) is 11.5 Å². The number of hydrogen-bond donors (Lipinski definition) is 0. The van der Waals surface area contributed by atoms with Crippen LogP contribution in [0.25, 0.3) is 10.1 Å². The van der Waals surface area contributed by atoms with E-state index in [1.165, 1.54) is 11.3 Å². The quantitative estimate of drug-likeness (QED) is 0.347. The van der Waals surface area contributed by atoms with Gasteiger partial charge in [-0.2, -0.15) is 0 Å². The van der Waals surface area contributed by atoms with Crippen LogP contribution in [0.1, 0.15) is 21.7 Å². The van der Waals surface area contributed by atoms with Gasteiger partial charge < -0.3 is 4.74 Å². The van der Waals surface area contributed by atoms with E-state index in [0.717, 1.165) is 15.6 Å². The maximum atomic E-state index is 12.5. The van der Waals surface area contributed by atoms with Crippen molar-refractivity contribution in [1.29, 1.82) is 0 Å². The molecule has 28 heavy (non-hydrogen) atoms. The summed E-state index contributed by atoms with van der Waals surface area (Å²) in [5.41, 5.74) is 0.809. The molecule has 0 bridgehead atoms. The molecule has 1 fully saturated rings. The molecule has 0 radical (unpaired) electrons. The van der Waals surface area contributed by atoms with Gasteiger partial charge in [0, 0.05) is 16.3 Å². The molecule has 8 heteroatoms. The molecular formula is C20H16ClNO4S2. The largest absolute Gasteiger partial charge is 0.422 e. The van der Waals surface area contributed by atoms with E-state index in [-0.39, 0.29) is 17.5 Å². The Bertz CT molecular complexity index is 1170. The molecule has 2 aromatic carbocycles. The minimum Gasteiger partial charge on any atom is -0.422 e. The van der Waals surface area contributed by atoms with Gasteiger partial charge in [0.1, 0.15) is 10.6 Å². The fourth-order valence-corrected chi connectivity index (χ4v) is 6.03. The third-order valence-corrected chi connectivity index (χ3v) is 7.86. The van der Waals surface area contributed by atoms with Crippen LogP contribution in [0, 0.1) is 0 Å². The minimum atomic E-state index is -2.94. The highest BCUT2D eigenvalue weighted by atomic mass is 35.5. The molecule has 1 atom stereocenters. The summed E-state index contributed by atoms with van der Waals surface area (Å²) in [5, 5.41) is 1.24. The number of aliphatic imine (C=N–C) groups is 1. The van der Waals surface area contributed by atoms with Crippen LogP contribution in [0.2, 0.25) is 5.02 Å². The highest BCUT2D eigenvalue weighted by Crippen LogP contribution is 2.35. The Hall–Kier alpha value is -2.22. The Morgan fingerprint density at radius 2 is 1.93 bits per heavy atom. The molecule has 1 saturated heterocycles. The van der Waals surface area contributed by atoms with Gasteiger partial charge in [0.25, 0.3) is 0 Å². The molecule has 0 saturated carbocycles. The lowest BCUT2D eigenvalue weighted by Gasteiger charge is -2.04. The van der Waals surface area contributed by atoms with E-state index in [0.29, 0.717) is 22.1 Å². The first-order chi connectivity index (χ1) is 13.4. The summed E-state index contributed by atoms with van der Waals surface area (Å²) in [4.78, 5) is 17.2. The number of fused-ring (bicyclic) bond motifs is 1. The molecule has 2 heterocycles. The third kappa shape index (κ3) is 4.11. The summed E-state index contributed by atoms with van der Waals surface area (Å²) in [5.74, 6) is 0.210. The number of ether oxygens (including phenoxy) is 1. The van der Waals surface area contributed by atoms with Crippen LogP contribution in [-0.4, -0.2) is 38.1 Å². The Labute approximate surface area is 171 Å². The molecule has 3 aromatic rings. The van der Waals surface area contributed by atoms with Crippen LogP contribution in [0.15, 0.2) is 53.5 Å². The van der Waals surface area contributed by atoms with Crippen molar-refractivity contribution in [3.05, 3.63) is 64.0 Å². The first-order valence-corrected chi connectivity index (χ1v) is 11.7. The molecule has 1 aliphatic heterocycles. The molecule has 144 valence electrons. The summed E-state index contributed by atoms with van der Waals surface area (Å²) in [6.07, 6.45) is 2.21. The first-order valence-electron chi connectivity index (χ1n) is 8.64. The number of benzene rings is 2. The summed E-state index contributed by atoms with van der Waals surface area (Å²) >= 11 is 7.62. The van der Waals surface area contributed by atoms with Crippen LogP contribution in [-0.2, 0) is 9.84 Å². The number of esters is 1. The van der Waals surface area contributed by atoms with E-state index in [9.17, 15) is 13.2 Å². The number of carbonyl (C=O) groups excluding carboxylic acids is 1.